The van der Waals surface area contributed by atoms with Gasteiger partial charge in [-0.15, -0.1) is 0 Å². The molecular formula is C10H19NO2. The first-order valence-corrected chi connectivity index (χ1v) is 4.98. The number of nitrogens with one attached hydrogen (secondary N) is 1. The molecule has 1 aliphatic rings. The lowest BCUT2D eigenvalue weighted by Crippen LogP contribution is -2.40. The zero-order valence-electron chi connectivity index (χ0n) is 8.45. The van der Waals surface area contributed by atoms with E-state index in [4.69, 9.17) is 14.9 Å². The number of hydrogen-bond donors (Lipinski definition) is 1. The zero-order valence-corrected chi connectivity index (χ0v) is 8.45. The van der Waals surface area contributed by atoms with Crippen LogP contribution in [0.25, 0.3) is 0 Å². The van der Waals surface area contributed by atoms with Crippen LogP contribution in [0.1, 0.15) is 26.7 Å². The van der Waals surface area contributed by atoms with Crippen LogP contribution in [0, 0.1) is 11.3 Å². The predicted octanol–water partition coefficient (Wildman–Crippen LogP) is 1.86. The summed E-state index contributed by atoms with van der Waals surface area (Å²) in [5, 5.41) is 6.88. The lowest BCUT2D eigenvalue weighted by molar-refractivity contribution is -0.121. The van der Waals surface area contributed by atoms with Crippen molar-refractivity contribution in [1.82, 2.24) is 0 Å². The van der Waals surface area contributed by atoms with Crippen molar-refractivity contribution in [2.45, 2.75) is 38.9 Å². The van der Waals surface area contributed by atoms with Gasteiger partial charge in [-0.25, -0.2) is 0 Å². The Morgan fingerprint density at radius 1 is 1.54 bits per heavy atom. The minimum Gasteiger partial charge on any atom is -0.376 e. The largest absolute Gasteiger partial charge is 0.376 e. The Labute approximate surface area is 79.9 Å². The predicted molar refractivity (Wildman–Crippen MR) is 52.3 cm³/mol. The third kappa shape index (κ3) is 3.08. The highest BCUT2D eigenvalue weighted by molar-refractivity contribution is 5.52. The second-order valence-electron chi connectivity index (χ2n) is 3.67. The second kappa shape index (κ2) is 5.35. The van der Waals surface area contributed by atoms with Gasteiger partial charge in [-0.05, 0) is 25.5 Å². The Morgan fingerprint density at radius 3 is 2.92 bits per heavy atom. The molecule has 1 unspecified atom stereocenters. The standard InChI is InChI=1S/C10H19NO2/c1-8-4-7-12-9(2)10(8)13-6-3-5-11/h5,8-11H,3-4,6-7H2,1-2H3/t8-,9-,10?/m0/s1. The summed E-state index contributed by atoms with van der Waals surface area (Å²) in [5.41, 5.74) is 0. The lowest BCUT2D eigenvalue weighted by atomic mass is 9.95. The quantitative estimate of drug-likeness (QED) is 0.536. The first-order valence-electron chi connectivity index (χ1n) is 4.98. The summed E-state index contributed by atoms with van der Waals surface area (Å²) in [4.78, 5) is 0. The van der Waals surface area contributed by atoms with Crippen molar-refractivity contribution in [3.63, 3.8) is 0 Å². The molecule has 76 valence electrons. The summed E-state index contributed by atoms with van der Waals surface area (Å²) in [5.74, 6) is 0.578. The lowest BCUT2D eigenvalue weighted by Gasteiger charge is -2.34. The minimum atomic E-state index is 0.203. The van der Waals surface area contributed by atoms with Crippen molar-refractivity contribution < 1.29 is 9.47 Å². The van der Waals surface area contributed by atoms with E-state index in [1.54, 1.807) is 0 Å². The van der Waals surface area contributed by atoms with Crippen LogP contribution in [0.3, 0.4) is 0 Å². The van der Waals surface area contributed by atoms with Crippen LogP contribution in [0.2, 0.25) is 0 Å². The van der Waals surface area contributed by atoms with Crippen molar-refractivity contribution in [1.29, 1.82) is 5.41 Å². The Hall–Kier alpha value is -0.410. The van der Waals surface area contributed by atoms with E-state index < -0.39 is 0 Å². The SMILES string of the molecule is C[C@@H]1OCC[C@H](C)C1OCCC=N. The summed E-state index contributed by atoms with van der Waals surface area (Å²) in [6.45, 7) is 5.76. The molecule has 0 saturated carbocycles. The highest BCUT2D eigenvalue weighted by Crippen LogP contribution is 2.22. The molecule has 0 radical (unpaired) electrons. The molecule has 0 aliphatic carbocycles. The molecule has 0 aromatic heterocycles. The van der Waals surface area contributed by atoms with E-state index in [1.165, 1.54) is 6.21 Å². The molecule has 13 heavy (non-hydrogen) atoms. The minimum absolute atomic E-state index is 0.203. The molecule has 1 aliphatic heterocycles. The first kappa shape index (κ1) is 10.7. The third-order valence-electron chi connectivity index (χ3n) is 2.55. The van der Waals surface area contributed by atoms with Gasteiger partial charge in [-0.3, -0.25) is 0 Å². The fraction of sp³-hybridized carbons (Fsp3) is 0.900. The molecule has 3 atom stereocenters. The molecule has 0 spiro atoms. The van der Waals surface area contributed by atoms with Crippen molar-refractivity contribution in [2.24, 2.45) is 5.92 Å². The van der Waals surface area contributed by atoms with E-state index in [2.05, 4.69) is 13.8 Å². The maximum atomic E-state index is 6.88. The maximum absolute atomic E-state index is 6.88. The summed E-state index contributed by atoms with van der Waals surface area (Å²) in [6.07, 6.45) is 3.59. The van der Waals surface area contributed by atoms with E-state index in [1.807, 2.05) is 0 Å². The van der Waals surface area contributed by atoms with Crippen LogP contribution in [-0.4, -0.2) is 31.6 Å². The summed E-state index contributed by atoms with van der Waals surface area (Å²) < 4.78 is 11.2. The molecule has 1 N–H and O–H groups in total. The van der Waals surface area contributed by atoms with Gasteiger partial charge in [0.05, 0.1) is 18.8 Å². The van der Waals surface area contributed by atoms with Crippen molar-refractivity contribution in [2.75, 3.05) is 13.2 Å². The molecule has 1 heterocycles. The highest BCUT2D eigenvalue weighted by atomic mass is 16.5. The van der Waals surface area contributed by atoms with Crippen molar-refractivity contribution in [3.8, 4) is 0 Å². The molecule has 1 fully saturated rings. The number of hydrogen-bond acceptors (Lipinski definition) is 3. The second-order valence-corrected chi connectivity index (χ2v) is 3.67. The highest BCUT2D eigenvalue weighted by Gasteiger charge is 2.28. The average Bonchev–Trinajstić information content (AvgIpc) is 2.10. The van der Waals surface area contributed by atoms with E-state index in [0.29, 0.717) is 18.9 Å². The van der Waals surface area contributed by atoms with Crippen LogP contribution in [-0.2, 0) is 9.47 Å². The van der Waals surface area contributed by atoms with Crippen LogP contribution >= 0.6 is 0 Å². The molecule has 0 bridgehead atoms. The normalized spacial score (nSPS) is 34.5. The van der Waals surface area contributed by atoms with Gasteiger partial charge in [0.1, 0.15) is 0 Å². The van der Waals surface area contributed by atoms with Crippen LogP contribution in [0.15, 0.2) is 0 Å². The van der Waals surface area contributed by atoms with Gasteiger partial charge in [-0.2, -0.15) is 0 Å². The summed E-state index contributed by atoms with van der Waals surface area (Å²) in [6, 6.07) is 0. The van der Waals surface area contributed by atoms with Gasteiger partial charge in [0.25, 0.3) is 0 Å². The Balaban J connectivity index is 2.30. The first-order chi connectivity index (χ1) is 6.25. The monoisotopic (exact) mass is 185 g/mol. The van der Waals surface area contributed by atoms with E-state index >= 15 is 0 Å². The number of rotatable bonds is 4. The van der Waals surface area contributed by atoms with Crippen LogP contribution < -0.4 is 0 Å². The van der Waals surface area contributed by atoms with Gasteiger partial charge in [0.15, 0.2) is 0 Å². The fourth-order valence-electron chi connectivity index (χ4n) is 1.72. The summed E-state index contributed by atoms with van der Waals surface area (Å²) >= 11 is 0. The van der Waals surface area contributed by atoms with Crippen LogP contribution in [0.4, 0.5) is 0 Å². The smallest absolute Gasteiger partial charge is 0.0860 e. The zero-order chi connectivity index (χ0) is 9.68. The van der Waals surface area contributed by atoms with E-state index in [-0.39, 0.29) is 12.2 Å². The number of ether oxygens (including phenoxy) is 2. The Kier molecular flexibility index (Phi) is 4.39. The van der Waals surface area contributed by atoms with Gasteiger partial charge in [0.2, 0.25) is 0 Å². The Bertz CT molecular complexity index is 151. The van der Waals surface area contributed by atoms with Gasteiger partial charge < -0.3 is 14.9 Å². The molecule has 1 rings (SSSR count). The van der Waals surface area contributed by atoms with Crippen molar-refractivity contribution >= 4 is 6.21 Å². The molecule has 0 aromatic rings. The van der Waals surface area contributed by atoms with Gasteiger partial charge in [0, 0.05) is 13.0 Å². The maximum Gasteiger partial charge on any atom is 0.0860 e. The molecule has 3 heteroatoms. The van der Waals surface area contributed by atoms with E-state index in [0.717, 1.165) is 13.0 Å². The van der Waals surface area contributed by atoms with Crippen LogP contribution in [0.5, 0.6) is 0 Å². The Morgan fingerprint density at radius 2 is 2.31 bits per heavy atom. The van der Waals surface area contributed by atoms with Gasteiger partial charge >= 0.3 is 0 Å². The topological polar surface area (TPSA) is 42.3 Å². The van der Waals surface area contributed by atoms with Crippen molar-refractivity contribution in [3.05, 3.63) is 0 Å². The fourth-order valence-corrected chi connectivity index (χ4v) is 1.72. The summed E-state index contributed by atoms with van der Waals surface area (Å²) in [7, 11) is 0. The molecule has 3 nitrogen and oxygen atoms in total. The molecule has 0 amide bonds. The van der Waals surface area contributed by atoms with Gasteiger partial charge in [-0.1, -0.05) is 6.92 Å². The molecular weight excluding hydrogens is 166 g/mol. The molecule has 0 aromatic carbocycles. The average molecular weight is 185 g/mol. The molecule has 1 saturated heterocycles. The van der Waals surface area contributed by atoms with E-state index in [9.17, 15) is 0 Å². The third-order valence-corrected chi connectivity index (χ3v) is 2.55.